The van der Waals surface area contributed by atoms with Crippen LogP contribution >= 0.6 is 0 Å². The largest absolute Gasteiger partial charge is 0.505 e. The SMILES string of the molecule is Cc1cc(-n2nc3ccc(C#N)cc3n2)c(O)c(C(C)(C)C)c1. The molecule has 3 rings (SSSR count). The van der Waals surface area contributed by atoms with Crippen LogP contribution in [0.25, 0.3) is 16.7 Å². The lowest BCUT2D eigenvalue weighted by molar-refractivity contribution is 0.440. The summed E-state index contributed by atoms with van der Waals surface area (Å²) in [5.41, 5.74) is 4.08. The summed E-state index contributed by atoms with van der Waals surface area (Å²) in [5, 5.41) is 28.5. The maximum atomic E-state index is 10.7. The highest BCUT2D eigenvalue weighted by Gasteiger charge is 2.22. The van der Waals surface area contributed by atoms with Crippen molar-refractivity contribution in [1.29, 1.82) is 5.26 Å². The van der Waals surface area contributed by atoms with Gasteiger partial charge in [-0.1, -0.05) is 26.8 Å². The molecule has 5 heteroatoms. The zero-order chi connectivity index (χ0) is 16.8. The van der Waals surface area contributed by atoms with Gasteiger partial charge >= 0.3 is 0 Å². The fourth-order valence-corrected chi connectivity index (χ4v) is 2.58. The average Bonchev–Trinajstić information content (AvgIpc) is 2.90. The molecule has 0 fully saturated rings. The maximum absolute atomic E-state index is 10.7. The van der Waals surface area contributed by atoms with Gasteiger partial charge in [0, 0.05) is 5.56 Å². The Labute approximate surface area is 134 Å². The van der Waals surface area contributed by atoms with E-state index in [0.29, 0.717) is 22.3 Å². The van der Waals surface area contributed by atoms with E-state index in [-0.39, 0.29) is 11.2 Å². The van der Waals surface area contributed by atoms with Crippen LogP contribution in [0.15, 0.2) is 30.3 Å². The minimum atomic E-state index is -0.189. The normalized spacial score (nSPS) is 11.6. The minimum absolute atomic E-state index is 0.184. The van der Waals surface area contributed by atoms with Crippen LogP contribution in [-0.2, 0) is 5.41 Å². The Kier molecular flexibility index (Phi) is 3.33. The van der Waals surface area contributed by atoms with Crippen molar-refractivity contribution < 1.29 is 5.11 Å². The van der Waals surface area contributed by atoms with Gasteiger partial charge in [0.15, 0.2) is 0 Å². The third-order valence-electron chi connectivity index (χ3n) is 3.77. The zero-order valence-electron chi connectivity index (χ0n) is 13.6. The summed E-state index contributed by atoms with van der Waals surface area (Å²) in [6.45, 7) is 8.14. The average molecular weight is 306 g/mol. The summed E-state index contributed by atoms with van der Waals surface area (Å²) in [7, 11) is 0. The lowest BCUT2D eigenvalue weighted by atomic mass is 9.85. The number of benzene rings is 2. The Morgan fingerprint density at radius 2 is 1.78 bits per heavy atom. The van der Waals surface area contributed by atoms with E-state index < -0.39 is 0 Å². The second-order valence-electron chi connectivity index (χ2n) is 6.73. The number of aromatic hydroxyl groups is 1. The second kappa shape index (κ2) is 5.10. The van der Waals surface area contributed by atoms with Crippen LogP contribution < -0.4 is 0 Å². The summed E-state index contributed by atoms with van der Waals surface area (Å²) < 4.78 is 0. The van der Waals surface area contributed by atoms with E-state index in [9.17, 15) is 5.11 Å². The van der Waals surface area contributed by atoms with Crippen LogP contribution in [0.4, 0.5) is 0 Å². The van der Waals surface area contributed by atoms with Gasteiger partial charge in [0.2, 0.25) is 0 Å². The van der Waals surface area contributed by atoms with Crippen LogP contribution in [-0.4, -0.2) is 20.1 Å². The van der Waals surface area contributed by atoms with Gasteiger partial charge in [-0.25, -0.2) is 0 Å². The van der Waals surface area contributed by atoms with Crippen molar-refractivity contribution in [1.82, 2.24) is 15.0 Å². The van der Waals surface area contributed by atoms with E-state index in [2.05, 4.69) is 37.0 Å². The summed E-state index contributed by atoms with van der Waals surface area (Å²) >= 11 is 0. The van der Waals surface area contributed by atoms with Gasteiger partial charge in [0.25, 0.3) is 0 Å². The second-order valence-corrected chi connectivity index (χ2v) is 6.73. The van der Waals surface area contributed by atoms with Crippen LogP contribution in [0.1, 0.15) is 37.5 Å². The number of hydrogen-bond acceptors (Lipinski definition) is 4. The molecular weight excluding hydrogens is 288 g/mol. The van der Waals surface area contributed by atoms with Crippen LogP contribution in [0, 0.1) is 18.3 Å². The molecular formula is C18H18N4O. The molecule has 2 aromatic carbocycles. The van der Waals surface area contributed by atoms with Crippen LogP contribution in [0.5, 0.6) is 5.75 Å². The van der Waals surface area contributed by atoms with Crippen molar-refractivity contribution >= 4 is 11.0 Å². The first-order valence-corrected chi connectivity index (χ1v) is 7.41. The van der Waals surface area contributed by atoms with E-state index in [4.69, 9.17) is 5.26 Å². The van der Waals surface area contributed by atoms with Gasteiger partial charge < -0.3 is 5.11 Å². The first-order chi connectivity index (χ1) is 10.8. The van der Waals surface area contributed by atoms with Gasteiger partial charge in [-0.15, -0.1) is 15.0 Å². The predicted molar refractivity (Wildman–Crippen MR) is 88.7 cm³/mol. The Morgan fingerprint density at radius 3 is 2.43 bits per heavy atom. The van der Waals surface area contributed by atoms with Gasteiger partial charge in [-0.05, 0) is 42.2 Å². The van der Waals surface area contributed by atoms with Crippen LogP contribution in [0.2, 0.25) is 0 Å². The first kappa shape index (κ1) is 15.0. The Bertz CT molecular complexity index is 942. The number of phenols is 1. The van der Waals surface area contributed by atoms with E-state index in [1.54, 1.807) is 18.2 Å². The predicted octanol–water partition coefficient (Wildman–Crippen LogP) is 3.60. The van der Waals surface area contributed by atoms with E-state index in [1.165, 1.54) is 4.80 Å². The molecule has 5 nitrogen and oxygen atoms in total. The standard InChI is InChI=1S/C18H18N4O/c1-11-7-13(18(2,3)4)17(23)16(8-11)22-20-14-6-5-12(10-19)9-15(14)21-22/h5-9,23H,1-4H3. The molecule has 0 saturated carbocycles. The highest BCUT2D eigenvalue weighted by Crippen LogP contribution is 2.36. The summed E-state index contributed by atoms with van der Waals surface area (Å²) in [4.78, 5) is 1.43. The molecule has 1 aromatic heterocycles. The summed E-state index contributed by atoms with van der Waals surface area (Å²) in [6.07, 6.45) is 0. The van der Waals surface area contributed by atoms with Crippen molar-refractivity contribution in [3.05, 3.63) is 47.0 Å². The van der Waals surface area contributed by atoms with E-state index >= 15 is 0 Å². The molecule has 0 bridgehead atoms. The Morgan fingerprint density at radius 1 is 1.09 bits per heavy atom. The van der Waals surface area contributed by atoms with Gasteiger partial charge in [0.05, 0.1) is 11.6 Å². The molecule has 3 aromatic rings. The molecule has 1 N–H and O–H groups in total. The summed E-state index contributed by atoms with van der Waals surface area (Å²) in [5.74, 6) is 0.184. The summed E-state index contributed by atoms with van der Waals surface area (Å²) in [6, 6.07) is 11.1. The third kappa shape index (κ3) is 2.64. The zero-order valence-corrected chi connectivity index (χ0v) is 13.6. The number of aromatic nitrogens is 3. The topological polar surface area (TPSA) is 74.7 Å². The van der Waals surface area contributed by atoms with E-state index in [1.807, 2.05) is 19.1 Å². The van der Waals surface area contributed by atoms with Crippen molar-refractivity contribution in [2.75, 3.05) is 0 Å². The molecule has 0 aliphatic carbocycles. The molecule has 0 aliphatic rings. The maximum Gasteiger partial charge on any atom is 0.146 e. The lowest BCUT2D eigenvalue weighted by Crippen LogP contribution is -2.13. The molecule has 0 radical (unpaired) electrons. The van der Waals surface area contributed by atoms with Crippen molar-refractivity contribution in [3.8, 4) is 17.5 Å². The molecule has 0 atom stereocenters. The molecule has 1 heterocycles. The molecule has 0 spiro atoms. The van der Waals surface area contributed by atoms with Gasteiger partial charge in [0.1, 0.15) is 22.5 Å². The van der Waals surface area contributed by atoms with E-state index in [0.717, 1.165) is 11.1 Å². The Hall–Kier alpha value is -2.87. The number of fused-ring (bicyclic) bond motifs is 1. The molecule has 0 aliphatic heterocycles. The minimum Gasteiger partial charge on any atom is -0.505 e. The highest BCUT2D eigenvalue weighted by atomic mass is 16.3. The smallest absolute Gasteiger partial charge is 0.146 e. The van der Waals surface area contributed by atoms with Crippen molar-refractivity contribution in [2.24, 2.45) is 0 Å². The number of phenolic OH excluding ortho intramolecular Hbond substituents is 1. The molecule has 0 saturated heterocycles. The number of hydrogen-bond donors (Lipinski definition) is 1. The van der Waals surface area contributed by atoms with Crippen LogP contribution in [0.3, 0.4) is 0 Å². The Balaban J connectivity index is 2.23. The fraction of sp³-hybridized carbons (Fsp3) is 0.278. The molecule has 0 unspecified atom stereocenters. The number of nitriles is 1. The highest BCUT2D eigenvalue weighted by molar-refractivity contribution is 5.76. The first-order valence-electron chi connectivity index (χ1n) is 7.41. The fourth-order valence-electron chi connectivity index (χ4n) is 2.58. The molecule has 0 amide bonds. The molecule has 116 valence electrons. The monoisotopic (exact) mass is 306 g/mol. The quantitative estimate of drug-likeness (QED) is 0.745. The van der Waals surface area contributed by atoms with Gasteiger partial charge in [-0.3, -0.25) is 0 Å². The number of aryl methyl sites for hydroxylation is 1. The van der Waals surface area contributed by atoms with Crippen molar-refractivity contribution in [3.63, 3.8) is 0 Å². The van der Waals surface area contributed by atoms with Gasteiger partial charge in [-0.2, -0.15) is 5.26 Å². The molecule has 23 heavy (non-hydrogen) atoms. The third-order valence-corrected chi connectivity index (χ3v) is 3.77. The number of nitrogens with zero attached hydrogens (tertiary/aromatic N) is 4. The van der Waals surface area contributed by atoms with Crippen molar-refractivity contribution in [2.45, 2.75) is 33.1 Å². The lowest BCUT2D eigenvalue weighted by Gasteiger charge is -2.22. The number of rotatable bonds is 1.